The number of hydrogen-bond acceptors (Lipinski definition) is 4. The first-order valence-electron chi connectivity index (χ1n) is 6.07. The number of benzene rings is 2. The molecule has 112 valence electrons. The maximum Gasteiger partial charge on any atom is 0.257 e. The van der Waals surface area contributed by atoms with Crippen molar-refractivity contribution < 1.29 is 4.79 Å². The molecule has 0 saturated carbocycles. The molecule has 1 heterocycles. The Morgan fingerprint density at radius 3 is 2.64 bits per heavy atom. The number of aromatic nitrogens is 1. The van der Waals surface area contributed by atoms with Crippen molar-refractivity contribution in [2.45, 2.75) is 0 Å². The maximum absolute atomic E-state index is 12.3. The third kappa shape index (κ3) is 2.73. The molecule has 1 aromatic heterocycles. The Labute approximate surface area is 144 Å². The Morgan fingerprint density at radius 2 is 1.91 bits per heavy atom. The minimum Gasteiger partial charge on any atom is -0.375 e. The van der Waals surface area contributed by atoms with Crippen LogP contribution in [0.15, 0.2) is 30.3 Å². The minimum atomic E-state index is -0.375. The van der Waals surface area contributed by atoms with Gasteiger partial charge < -0.3 is 11.1 Å². The van der Waals surface area contributed by atoms with E-state index in [-0.39, 0.29) is 5.91 Å². The highest BCUT2D eigenvalue weighted by Crippen LogP contribution is 2.40. The summed E-state index contributed by atoms with van der Waals surface area (Å²) in [6.45, 7) is 0. The normalized spacial score (nSPS) is 10.9. The number of amides is 1. The number of nitrogen functional groups attached to an aromatic ring is 1. The molecular weight excluding hydrogens is 365 g/mol. The average Bonchev–Trinajstić information content (AvgIpc) is 2.87. The molecule has 3 rings (SSSR count). The van der Waals surface area contributed by atoms with E-state index in [0.29, 0.717) is 41.7 Å². The van der Waals surface area contributed by atoms with E-state index in [0.717, 1.165) is 0 Å². The van der Waals surface area contributed by atoms with Crippen molar-refractivity contribution in [1.82, 2.24) is 4.98 Å². The number of carbonyl (C=O) groups excluding carboxylic acids is 1. The molecule has 22 heavy (non-hydrogen) atoms. The van der Waals surface area contributed by atoms with Gasteiger partial charge in [0.15, 0.2) is 5.13 Å². The molecule has 3 aromatic rings. The summed E-state index contributed by atoms with van der Waals surface area (Å²) < 4.78 is 0.626. The van der Waals surface area contributed by atoms with Crippen molar-refractivity contribution in [3.8, 4) is 0 Å². The van der Waals surface area contributed by atoms with Crippen molar-refractivity contribution >= 4 is 73.1 Å². The summed E-state index contributed by atoms with van der Waals surface area (Å²) in [6, 6.07) is 8.27. The first-order valence-corrected chi connectivity index (χ1v) is 8.02. The number of carbonyl (C=O) groups is 1. The number of thiazole rings is 1. The number of hydrogen-bond donors (Lipinski definition) is 2. The van der Waals surface area contributed by atoms with Gasteiger partial charge in [-0.2, -0.15) is 0 Å². The topological polar surface area (TPSA) is 68.0 Å². The van der Waals surface area contributed by atoms with Gasteiger partial charge in [0.2, 0.25) is 0 Å². The van der Waals surface area contributed by atoms with Gasteiger partial charge in [0.25, 0.3) is 5.91 Å². The van der Waals surface area contributed by atoms with Crippen LogP contribution < -0.4 is 11.1 Å². The first kappa shape index (κ1) is 15.4. The van der Waals surface area contributed by atoms with E-state index in [1.165, 1.54) is 11.3 Å². The molecule has 3 N–H and O–H groups in total. The standard InChI is InChI=1S/C14H8Cl3N3OS/c15-7-4-2-1-3-6(7)13(21)19-9-5-8(16)11-12(10(9)17)22-14(18)20-11/h1-5H,(H2,18,20)(H,19,21). The van der Waals surface area contributed by atoms with Crippen LogP contribution in [0, 0.1) is 0 Å². The SMILES string of the molecule is Nc1nc2c(Cl)cc(NC(=O)c3ccccc3Cl)c(Cl)c2s1. The number of fused-ring (bicyclic) bond motifs is 1. The number of anilines is 2. The molecule has 0 saturated heterocycles. The van der Waals surface area contributed by atoms with Crippen LogP contribution in [0.1, 0.15) is 10.4 Å². The lowest BCUT2D eigenvalue weighted by molar-refractivity contribution is 0.102. The Morgan fingerprint density at radius 1 is 1.18 bits per heavy atom. The van der Waals surface area contributed by atoms with E-state index < -0.39 is 0 Å². The largest absolute Gasteiger partial charge is 0.375 e. The van der Waals surface area contributed by atoms with Gasteiger partial charge in [-0.05, 0) is 18.2 Å². The van der Waals surface area contributed by atoms with Crippen molar-refractivity contribution in [3.63, 3.8) is 0 Å². The molecule has 0 atom stereocenters. The second kappa shape index (κ2) is 5.93. The van der Waals surface area contributed by atoms with Gasteiger partial charge in [0, 0.05) is 0 Å². The molecule has 0 spiro atoms. The summed E-state index contributed by atoms with van der Waals surface area (Å²) in [7, 11) is 0. The lowest BCUT2D eigenvalue weighted by atomic mass is 10.2. The predicted molar refractivity (Wildman–Crippen MR) is 93.5 cm³/mol. The summed E-state index contributed by atoms with van der Waals surface area (Å²) in [4.78, 5) is 16.4. The predicted octanol–water partition coefficient (Wildman–Crippen LogP) is 5.09. The van der Waals surface area contributed by atoms with E-state index in [9.17, 15) is 4.79 Å². The van der Waals surface area contributed by atoms with Crippen LogP contribution in [-0.2, 0) is 0 Å². The van der Waals surface area contributed by atoms with Gasteiger partial charge in [0.05, 0.1) is 31.0 Å². The van der Waals surface area contributed by atoms with Crippen LogP contribution >= 0.6 is 46.1 Å². The Hall–Kier alpha value is -1.53. The number of nitrogens with one attached hydrogen (secondary N) is 1. The Bertz CT molecular complexity index is 894. The number of nitrogens with zero attached hydrogens (tertiary/aromatic N) is 1. The molecule has 0 bridgehead atoms. The molecule has 0 radical (unpaired) electrons. The zero-order valence-corrected chi connectivity index (χ0v) is 13.9. The maximum atomic E-state index is 12.3. The zero-order chi connectivity index (χ0) is 15.9. The Kier molecular flexibility index (Phi) is 4.14. The fourth-order valence-corrected chi connectivity index (χ4v) is 3.58. The van der Waals surface area contributed by atoms with E-state index in [1.807, 2.05) is 0 Å². The van der Waals surface area contributed by atoms with E-state index >= 15 is 0 Å². The molecule has 2 aromatic carbocycles. The van der Waals surface area contributed by atoms with Crippen LogP contribution in [0.25, 0.3) is 10.2 Å². The molecule has 0 aliphatic carbocycles. The summed E-state index contributed by atoms with van der Waals surface area (Å²) in [5.41, 5.74) is 6.92. The van der Waals surface area contributed by atoms with E-state index in [2.05, 4.69) is 10.3 Å². The number of rotatable bonds is 2. The molecule has 0 unspecified atom stereocenters. The lowest BCUT2D eigenvalue weighted by Crippen LogP contribution is -2.12. The van der Waals surface area contributed by atoms with Gasteiger partial charge in [-0.25, -0.2) is 4.98 Å². The monoisotopic (exact) mass is 371 g/mol. The van der Waals surface area contributed by atoms with Crippen molar-refractivity contribution in [1.29, 1.82) is 0 Å². The quantitative estimate of drug-likeness (QED) is 0.658. The third-order valence-electron chi connectivity index (χ3n) is 2.94. The van der Waals surface area contributed by atoms with Gasteiger partial charge in [0.1, 0.15) is 5.52 Å². The van der Waals surface area contributed by atoms with E-state index in [1.54, 1.807) is 30.3 Å². The zero-order valence-electron chi connectivity index (χ0n) is 10.9. The molecule has 0 fully saturated rings. The molecule has 0 aliphatic rings. The van der Waals surface area contributed by atoms with Crippen LogP contribution in [0.3, 0.4) is 0 Å². The fourth-order valence-electron chi connectivity index (χ4n) is 1.95. The first-order chi connectivity index (χ1) is 10.5. The summed E-state index contributed by atoms with van der Waals surface area (Å²) in [6.07, 6.45) is 0. The fraction of sp³-hybridized carbons (Fsp3) is 0. The van der Waals surface area contributed by atoms with Crippen LogP contribution in [0.4, 0.5) is 10.8 Å². The highest BCUT2D eigenvalue weighted by Gasteiger charge is 2.17. The van der Waals surface area contributed by atoms with Crippen LogP contribution in [-0.4, -0.2) is 10.9 Å². The highest BCUT2D eigenvalue weighted by atomic mass is 35.5. The average molecular weight is 373 g/mol. The summed E-state index contributed by atoms with van der Waals surface area (Å²) in [5.74, 6) is -0.375. The number of nitrogens with two attached hydrogens (primary N) is 1. The minimum absolute atomic E-state index is 0.342. The number of halogens is 3. The van der Waals surface area contributed by atoms with Gasteiger partial charge in [-0.1, -0.05) is 58.3 Å². The third-order valence-corrected chi connectivity index (χ3v) is 4.97. The molecule has 1 amide bonds. The van der Waals surface area contributed by atoms with E-state index in [4.69, 9.17) is 40.5 Å². The molecule has 0 aliphatic heterocycles. The smallest absolute Gasteiger partial charge is 0.257 e. The summed E-state index contributed by atoms with van der Waals surface area (Å²) in [5, 5.41) is 4.12. The molecule has 4 nitrogen and oxygen atoms in total. The second-order valence-corrected chi connectivity index (χ2v) is 6.61. The Balaban J connectivity index is 2.02. The van der Waals surface area contributed by atoms with Crippen molar-refractivity contribution in [3.05, 3.63) is 51.0 Å². The molecular formula is C14H8Cl3N3OS. The van der Waals surface area contributed by atoms with Gasteiger partial charge in [-0.3, -0.25) is 4.79 Å². The van der Waals surface area contributed by atoms with Crippen LogP contribution in [0.5, 0.6) is 0 Å². The molecule has 8 heteroatoms. The highest BCUT2D eigenvalue weighted by molar-refractivity contribution is 7.22. The summed E-state index contributed by atoms with van der Waals surface area (Å²) >= 11 is 19.7. The van der Waals surface area contributed by atoms with Gasteiger partial charge in [-0.15, -0.1) is 0 Å². The lowest BCUT2D eigenvalue weighted by Gasteiger charge is -2.09. The van der Waals surface area contributed by atoms with Crippen molar-refractivity contribution in [2.24, 2.45) is 0 Å². The van der Waals surface area contributed by atoms with Gasteiger partial charge >= 0.3 is 0 Å². The second-order valence-electron chi connectivity index (χ2n) is 4.38. The van der Waals surface area contributed by atoms with Crippen LogP contribution in [0.2, 0.25) is 15.1 Å². The van der Waals surface area contributed by atoms with Crippen molar-refractivity contribution in [2.75, 3.05) is 11.1 Å².